The van der Waals surface area contributed by atoms with Gasteiger partial charge in [0.15, 0.2) is 0 Å². The van der Waals surface area contributed by atoms with Crippen LogP contribution in [0.1, 0.15) is 105 Å². The molecular weight excluding hydrogens is 488 g/mol. The van der Waals surface area contributed by atoms with Crippen LogP contribution in [0.4, 0.5) is 0 Å². The molecule has 12 heteroatoms. The molecule has 0 bridgehead atoms. The van der Waals surface area contributed by atoms with Gasteiger partial charge in [0.2, 0.25) is 11.8 Å². The minimum atomic E-state index is -1.46. The molecule has 8 N–H and O–H groups in total. The van der Waals surface area contributed by atoms with Crippen LogP contribution in [0.2, 0.25) is 0 Å². The van der Waals surface area contributed by atoms with E-state index < -0.39 is 46.8 Å². The van der Waals surface area contributed by atoms with Crippen molar-refractivity contribution >= 4 is 35.7 Å². The number of carboxylic acid groups (broad SMARTS) is 4. The average Bonchev–Trinajstić information content (AvgIpc) is 2.81. The molecule has 0 saturated heterocycles. The van der Waals surface area contributed by atoms with E-state index >= 15 is 0 Å². The second kappa shape index (κ2) is 12.3. The van der Waals surface area contributed by atoms with E-state index in [-0.39, 0.29) is 46.2 Å². The Hall–Kier alpha value is -4.74. The highest BCUT2D eigenvalue weighted by atomic mass is 16.4. The highest BCUT2D eigenvalue weighted by Crippen LogP contribution is 2.25. The summed E-state index contributed by atoms with van der Waals surface area (Å²) in [5.74, 6) is -7.58. The summed E-state index contributed by atoms with van der Waals surface area (Å²) in [5, 5.41) is 38.0. The highest BCUT2D eigenvalue weighted by Gasteiger charge is 2.25. The molecule has 0 saturated carbocycles. The lowest BCUT2D eigenvalue weighted by molar-refractivity contribution is 0.0671. The minimum Gasteiger partial charge on any atom is -0.478 e. The predicted octanol–water partition coefficient (Wildman–Crippen LogP) is 2.41. The van der Waals surface area contributed by atoms with E-state index in [2.05, 4.69) is 0 Å². The van der Waals surface area contributed by atoms with Crippen molar-refractivity contribution in [2.24, 2.45) is 11.5 Å². The van der Waals surface area contributed by atoms with Crippen LogP contribution in [0.25, 0.3) is 0 Å². The summed E-state index contributed by atoms with van der Waals surface area (Å²) in [6.07, 6.45) is 2.58. The number of aromatic carboxylic acids is 4. The summed E-state index contributed by atoms with van der Waals surface area (Å²) in [6, 6.07) is 4.43. The van der Waals surface area contributed by atoms with Gasteiger partial charge < -0.3 is 31.9 Å². The van der Waals surface area contributed by atoms with Crippen molar-refractivity contribution in [3.8, 4) is 0 Å². The van der Waals surface area contributed by atoms with Crippen LogP contribution in [0.3, 0.4) is 0 Å². The quantitative estimate of drug-likeness (QED) is 0.201. The molecule has 12 nitrogen and oxygen atoms in total. The van der Waals surface area contributed by atoms with E-state index in [9.17, 15) is 49.2 Å². The molecule has 0 spiro atoms. The third kappa shape index (κ3) is 6.69. The van der Waals surface area contributed by atoms with Crippen molar-refractivity contribution in [3.05, 3.63) is 68.8 Å². The van der Waals surface area contributed by atoms with Gasteiger partial charge in [-0.05, 0) is 61.1 Å². The first-order chi connectivity index (χ1) is 17.4. The molecule has 0 aromatic heterocycles. The lowest BCUT2D eigenvalue weighted by atomic mass is 9.90. The van der Waals surface area contributed by atoms with Gasteiger partial charge in [-0.2, -0.15) is 0 Å². The Morgan fingerprint density at radius 1 is 0.486 bits per heavy atom. The first-order valence-electron chi connectivity index (χ1n) is 11.2. The zero-order chi connectivity index (χ0) is 27.9. The van der Waals surface area contributed by atoms with Crippen LogP contribution in [0.15, 0.2) is 24.3 Å². The maximum atomic E-state index is 11.7. The monoisotopic (exact) mass is 514 g/mol. The van der Waals surface area contributed by atoms with Gasteiger partial charge in [-0.15, -0.1) is 0 Å². The number of hydrogen-bond acceptors (Lipinski definition) is 6. The fraction of sp³-hybridized carbons (Fsp3) is 0.280. The first-order valence-corrected chi connectivity index (χ1v) is 11.2. The molecule has 37 heavy (non-hydrogen) atoms. The number of nitrogens with two attached hydrogens (primary N) is 2. The van der Waals surface area contributed by atoms with Gasteiger partial charge in [0.1, 0.15) is 0 Å². The van der Waals surface area contributed by atoms with Crippen molar-refractivity contribution in [1.29, 1.82) is 0 Å². The van der Waals surface area contributed by atoms with E-state index in [0.29, 0.717) is 32.1 Å². The zero-order valence-electron chi connectivity index (χ0n) is 19.7. The molecule has 2 aromatic carbocycles. The molecule has 0 aliphatic heterocycles. The Morgan fingerprint density at radius 3 is 1.05 bits per heavy atom. The van der Waals surface area contributed by atoms with Gasteiger partial charge in [-0.25, -0.2) is 19.2 Å². The van der Waals surface area contributed by atoms with E-state index in [1.807, 2.05) is 0 Å². The number of carbonyl (C=O) groups is 6. The molecule has 0 aliphatic rings. The largest absolute Gasteiger partial charge is 0.478 e. The van der Waals surface area contributed by atoms with Gasteiger partial charge in [-0.1, -0.05) is 19.3 Å². The summed E-state index contributed by atoms with van der Waals surface area (Å²) in [4.78, 5) is 69.9. The third-order valence-electron chi connectivity index (χ3n) is 5.90. The van der Waals surface area contributed by atoms with Crippen LogP contribution in [-0.4, -0.2) is 56.1 Å². The van der Waals surface area contributed by atoms with Gasteiger partial charge in [0.25, 0.3) is 0 Å². The Labute approximate surface area is 210 Å². The Balaban J connectivity index is 2.09. The zero-order valence-corrected chi connectivity index (χ0v) is 19.7. The Morgan fingerprint density at radius 2 is 0.784 bits per heavy atom. The molecule has 2 amide bonds. The van der Waals surface area contributed by atoms with Crippen molar-refractivity contribution < 1.29 is 49.2 Å². The van der Waals surface area contributed by atoms with E-state index in [4.69, 9.17) is 11.5 Å². The number of unbranched alkanes of at least 4 members (excludes halogenated alkanes) is 4. The predicted molar refractivity (Wildman–Crippen MR) is 128 cm³/mol. The standard InChI is InChI=1S/C25H26N2O10/c26-20(28)16-10-8-14(22(30)31)12(18(16)24(34)35)6-4-2-1-3-5-7-13-15(23(32)33)9-11-17(21(27)29)19(13)25(36)37/h8-11H,1-7H2,(H2,26,28)(H2,27,29)(H,30,31)(H,32,33)(H,34,35)(H,36,37). The van der Waals surface area contributed by atoms with Crippen LogP contribution >= 0.6 is 0 Å². The lowest BCUT2D eigenvalue weighted by Crippen LogP contribution is -2.20. The van der Waals surface area contributed by atoms with E-state index in [0.717, 1.165) is 24.3 Å². The first kappa shape index (κ1) is 28.5. The number of rotatable bonds is 14. The fourth-order valence-corrected chi connectivity index (χ4v) is 4.25. The Bertz CT molecular complexity index is 1190. The second-order valence-corrected chi connectivity index (χ2v) is 8.25. The summed E-state index contributed by atoms with van der Waals surface area (Å²) >= 11 is 0. The summed E-state index contributed by atoms with van der Waals surface area (Å²) in [6.45, 7) is 0. The van der Waals surface area contributed by atoms with Crippen LogP contribution in [0, 0.1) is 0 Å². The molecule has 2 rings (SSSR count). The number of primary amides is 2. The number of carbonyl (C=O) groups excluding carboxylic acids is 2. The summed E-state index contributed by atoms with van der Waals surface area (Å²) in [7, 11) is 0. The van der Waals surface area contributed by atoms with Gasteiger partial charge in [0, 0.05) is 0 Å². The van der Waals surface area contributed by atoms with E-state index in [1.165, 1.54) is 0 Å². The molecular formula is C25H26N2O10. The topological polar surface area (TPSA) is 235 Å². The maximum Gasteiger partial charge on any atom is 0.336 e. The normalized spacial score (nSPS) is 10.6. The van der Waals surface area contributed by atoms with Gasteiger partial charge in [-0.3, -0.25) is 9.59 Å². The molecule has 196 valence electrons. The maximum absolute atomic E-state index is 11.7. The van der Waals surface area contributed by atoms with Crippen LogP contribution < -0.4 is 11.5 Å². The molecule has 0 fully saturated rings. The highest BCUT2D eigenvalue weighted by molar-refractivity contribution is 6.08. The summed E-state index contributed by atoms with van der Waals surface area (Å²) in [5.41, 5.74) is 8.55. The smallest absolute Gasteiger partial charge is 0.336 e. The number of amides is 2. The van der Waals surface area contributed by atoms with Crippen molar-refractivity contribution in [3.63, 3.8) is 0 Å². The molecule has 0 atom stereocenters. The van der Waals surface area contributed by atoms with Crippen molar-refractivity contribution in [2.45, 2.75) is 44.9 Å². The van der Waals surface area contributed by atoms with Crippen molar-refractivity contribution in [1.82, 2.24) is 0 Å². The second-order valence-electron chi connectivity index (χ2n) is 8.25. The molecule has 2 aromatic rings. The molecule has 0 heterocycles. The average molecular weight is 514 g/mol. The number of hydrogen-bond donors (Lipinski definition) is 6. The minimum absolute atomic E-state index is 0.00299. The molecule has 0 unspecified atom stereocenters. The van der Waals surface area contributed by atoms with Gasteiger partial charge >= 0.3 is 23.9 Å². The van der Waals surface area contributed by atoms with Crippen LogP contribution in [0.5, 0.6) is 0 Å². The number of carboxylic acids is 4. The molecule has 0 radical (unpaired) electrons. The lowest BCUT2D eigenvalue weighted by Gasteiger charge is -2.14. The van der Waals surface area contributed by atoms with E-state index in [1.54, 1.807) is 0 Å². The van der Waals surface area contributed by atoms with Crippen LogP contribution in [-0.2, 0) is 12.8 Å². The van der Waals surface area contributed by atoms with Crippen molar-refractivity contribution in [2.75, 3.05) is 0 Å². The number of benzene rings is 2. The fourth-order valence-electron chi connectivity index (χ4n) is 4.25. The Kier molecular flexibility index (Phi) is 9.47. The third-order valence-corrected chi connectivity index (χ3v) is 5.90. The summed E-state index contributed by atoms with van der Waals surface area (Å²) < 4.78 is 0. The SMILES string of the molecule is NC(=O)c1ccc(C(=O)O)c(CCCCCCCc2c(C(=O)O)ccc(C(N)=O)c2C(=O)O)c1C(=O)O. The molecule has 0 aliphatic carbocycles. The van der Waals surface area contributed by atoms with Gasteiger partial charge in [0.05, 0.1) is 33.4 Å².